The van der Waals surface area contributed by atoms with Crippen LogP contribution in [0.1, 0.15) is 13.3 Å². The van der Waals surface area contributed by atoms with Gasteiger partial charge in [-0.25, -0.2) is 4.39 Å². The predicted molar refractivity (Wildman–Crippen MR) is 72.1 cm³/mol. The topological polar surface area (TPSA) is 86.7 Å². The Morgan fingerprint density at radius 3 is 2.57 bits per heavy atom. The van der Waals surface area contributed by atoms with E-state index in [1.807, 2.05) is 0 Å². The van der Waals surface area contributed by atoms with Crippen LogP contribution in [0.5, 0.6) is 0 Å². The molecule has 1 saturated heterocycles. The Morgan fingerprint density at radius 1 is 1.38 bits per heavy atom. The summed E-state index contributed by atoms with van der Waals surface area (Å²) in [7, 11) is 0. The van der Waals surface area contributed by atoms with Gasteiger partial charge in [0, 0.05) is 12.2 Å². The molecule has 2 amide bonds. The fraction of sp³-hybridized carbons (Fsp3) is 0.357. The lowest BCUT2D eigenvalue weighted by molar-refractivity contribution is -0.143. The number of carbonyl (C=O) groups is 3. The van der Waals surface area contributed by atoms with Crippen molar-refractivity contribution in [3.8, 4) is 0 Å². The zero-order valence-electron chi connectivity index (χ0n) is 11.4. The summed E-state index contributed by atoms with van der Waals surface area (Å²) in [5.41, 5.74) is 0.517. The highest BCUT2D eigenvalue weighted by atomic mass is 19.1. The molecule has 2 atom stereocenters. The molecule has 7 heteroatoms. The third-order valence-electron chi connectivity index (χ3n) is 3.39. The number of amides is 2. The first-order valence-corrected chi connectivity index (χ1v) is 6.50. The van der Waals surface area contributed by atoms with Crippen molar-refractivity contribution in [3.05, 3.63) is 30.1 Å². The van der Waals surface area contributed by atoms with E-state index in [-0.39, 0.29) is 0 Å². The summed E-state index contributed by atoms with van der Waals surface area (Å²) in [6.45, 7) is 1.67. The van der Waals surface area contributed by atoms with Gasteiger partial charge < -0.3 is 15.3 Å². The molecule has 1 aromatic rings. The minimum atomic E-state index is -1.16. The lowest BCUT2D eigenvalue weighted by Crippen LogP contribution is -2.44. The number of anilines is 1. The van der Waals surface area contributed by atoms with E-state index in [0.717, 1.165) is 0 Å². The number of carboxylic acid groups (broad SMARTS) is 1. The second kappa shape index (κ2) is 5.90. The van der Waals surface area contributed by atoms with Gasteiger partial charge in [-0.3, -0.25) is 14.4 Å². The maximum atomic E-state index is 12.9. The summed E-state index contributed by atoms with van der Waals surface area (Å²) in [6.07, 6.45) is 0.300. The van der Waals surface area contributed by atoms with Crippen LogP contribution in [0.4, 0.5) is 10.1 Å². The average molecular weight is 294 g/mol. The Bertz CT molecular complexity index is 573. The number of rotatable bonds is 4. The van der Waals surface area contributed by atoms with Gasteiger partial charge in [0.15, 0.2) is 0 Å². The highest BCUT2D eigenvalue weighted by molar-refractivity contribution is 6.10. The van der Waals surface area contributed by atoms with Crippen LogP contribution in [0.2, 0.25) is 0 Å². The molecule has 1 aliphatic heterocycles. The molecule has 1 fully saturated rings. The number of nitrogens with one attached hydrogen (secondary N) is 1. The molecule has 0 bridgehead atoms. The molecule has 0 saturated carbocycles. The maximum absolute atomic E-state index is 12.9. The third-order valence-corrected chi connectivity index (χ3v) is 3.39. The Kier molecular flexibility index (Phi) is 4.21. The molecule has 0 aliphatic carbocycles. The quantitative estimate of drug-likeness (QED) is 0.803. The van der Waals surface area contributed by atoms with Crippen LogP contribution in [0.15, 0.2) is 24.3 Å². The molecular formula is C14H15FN2O4. The summed E-state index contributed by atoms with van der Waals surface area (Å²) >= 11 is 0. The molecule has 2 N–H and O–H groups in total. The monoisotopic (exact) mass is 294 g/mol. The van der Waals surface area contributed by atoms with Crippen molar-refractivity contribution >= 4 is 23.5 Å². The van der Waals surface area contributed by atoms with Crippen LogP contribution in [-0.2, 0) is 14.4 Å². The number of benzene rings is 1. The molecule has 1 unspecified atom stereocenters. The second-order valence-electron chi connectivity index (χ2n) is 4.88. The SMILES string of the molecule is C[C@H](NC(=O)C1CCN(c2ccc(F)cc2)C1=O)C(=O)O. The molecule has 21 heavy (non-hydrogen) atoms. The third kappa shape index (κ3) is 3.18. The lowest BCUT2D eigenvalue weighted by atomic mass is 10.1. The largest absolute Gasteiger partial charge is 0.480 e. The smallest absolute Gasteiger partial charge is 0.325 e. The normalized spacial score (nSPS) is 19.4. The number of carbonyl (C=O) groups excluding carboxylic acids is 2. The fourth-order valence-electron chi connectivity index (χ4n) is 2.18. The molecule has 6 nitrogen and oxygen atoms in total. The van der Waals surface area contributed by atoms with Gasteiger partial charge in [-0.1, -0.05) is 0 Å². The van der Waals surface area contributed by atoms with E-state index < -0.39 is 35.6 Å². The van der Waals surface area contributed by atoms with Crippen LogP contribution >= 0.6 is 0 Å². The highest BCUT2D eigenvalue weighted by Gasteiger charge is 2.38. The minimum Gasteiger partial charge on any atom is -0.480 e. The molecule has 1 heterocycles. The standard InChI is InChI=1S/C14H15FN2O4/c1-8(14(20)21)16-12(18)11-6-7-17(13(11)19)10-4-2-9(15)3-5-10/h2-5,8,11H,6-7H2,1H3,(H,16,18)(H,20,21)/t8-,11?/m0/s1. The molecule has 0 spiro atoms. The molecule has 0 radical (unpaired) electrons. The van der Waals surface area contributed by atoms with E-state index in [1.54, 1.807) is 0 Å². The average Bonchev–Trinajstić information content (AvgIpc) is 2.81. The summed E-state index contributed by atoms with van der Waals surface area (Å²) in [6, 6.07) is 4.36. The molecular weight excluding hydrogens is 279 g/mol. The van der Waals surface area contributed by atoms with Crippen molar-refractivity contribution in [1.29, 1.82) is 0 Å². The molecule has 1 aromatic carbocycles. The van der Waals surface area contributed by atoms with Crippen LogP contribution in [-0.4, -0.2) is 35.5 Å². The summed E-state index contributed by atoms with van der Waals surface area (Å²) in [4.78, 5) is 36.2. The zero-order chi connectivity index (χ0) is 15.6. The van der Waals surface area contributed by atoms with E-state index in [1.165, 1.54) is 36.1 Å². The Hall–Kier alpha value is -2.44. The lowest BCUT2D eigenvalue weighted by Gasteiger charge is -2.17. The second-order valence-corrected chi connectivity index (χ2v) is 4.88. The number of hydrogen-bond donors (Lipinski definition) is 2. The van der Waals surface area contributed by atoms with Crippen molar-refractivity contribution in [2.45, 2.75) is 19.4 Å². The van der Waals surface area contributed by atoms with Crippen molar-refractivity contribution in [2.75, 3.05) is 11.4 Å². The van der Waals surface area contributed by atoms with Gasteiger partial charge in [0.2, 0.25) is 11.8 Å². The number of aliphatic carboxylic acids is 1. The van der Waals surface area contributed by atoms with Gasteiger partial charge in [0.25, 0.3) is 0 Å². The van der Waals surface area contributed by atoms with Gasteiger partial charge in [0.05, 0.1) is 0 Å². The summed E-state index contributed by atoms with van der Waals surface area (Å²) in [5.74, 6) is -3.48. The number of carboxylic acids is 1. The first-order valence-electron chi connectivity index (χ1n) is 6.50. The number of halogens is 1. The van der Waals surface area contributed by atoms with Gasteiger partial charge >= 0.3 is 5.97 Å². The van der Waals surface area contributed by atoms with E-state index in [4.69, 9.17) is 5.11 Å². The first kappa shape index (κ1) is 15.0. The molecule has 112 valence electrons. The highest BCUT2D eigenvalue weighted by Crippen LogP contribution is 2.25. The van der Waals surface area contributed by atoms with E-state index >= 15 is 0 Å². The van der Waals surface area contributed by atoms with Crippen LogP contribution < -0.4 is 10.2 Å². The molecule has 2 rings (SSSR count). The van der Waals surface area contributed by atoms with E-state index in [9.17, 15) is 18.8 Å². The fourth-order valence-corrected chi connectivity index (χ4v) is 2.18. The summed E-state index contributed by atoms with van der Waals surface area (Å²) < 4.78 is 12.9. The Labute approximate surface area is 120 Å². The number of nitrogens with zero attached hydrogens (tertiary/aromatic N) is 1. The van der Waals surface area contributed by atoms with Crippen molar-refractivity contribution in [2.24, 2.45) is 5.92 Å². The van der Waals surface area contributed by atoms with Gasteiger partial charge in [0.1, 0.15) is 17.8 Å². The minimum absolute atomic E-state index is 0.300. The van der Waals surface area contributed by atoms with Crippen molar-refractivity contribution in [1.82, 2.24) is 5.32 Å². The van der Waals surface area contributed by atoms with E-state index in [0.29, 0.717) is 18.7 Å². The summed E-state index contributed by atoms with van der Waals surface area (Å²) in [5, 5.41) is 11.0. The van der Waals surface area contributed by atoms with Crippen LogP contribution in [0.25, 0.3) is 0 Å². The van der Waals surface area contributed by atoms with Crippen LogP contribution in [0, 0.1) is 11.7 Å². The molecule has 1 aliphatic rings. The van der Waals surface area contributed by atoms with E-state index in [2.05, 4.69) is 5.32 Å². The Balaban J connectivity index is 2.06. The van der Waals surface area contributed by atoms with Gasteiger partial charge in [-0.15, -0.1) is 0 Å². The van der Waals surface area contributed by atoms with Crippen LogP contribution in [0.3, 0.4) is 0 Å². The predicted octanol–water partition coefficient (Wildman–Crippen LogP) is 0.768. The maximum Gasteiger partial charge on any atom is 0.325 e. The van der Waals surface area contributed by atoms with Gasteiger partial charge in [-0.2, -0.15) is 0 Å². The number of hydrogen-bond acceptors (Lipinski definition) is 3. The van der Waals surface area contributed by atoms with Crippen molar-refractivity contribution < 1.29 is 23.9 Å². The molecule has 0 aromatic heterocycles. The van der Waals surface area contributed by atoms with Crippen molar-refractivity contribution in [3.63, 3.8) is 0 Å². The zero-order valence-corrected chi connectivity index (χ0v) is 11.4. The first-order chi connectivity index (χ1) is 9.90. The Morgan fingerprint density at radius 2 is 2.00 bits per heavy atom. The van der Waals surface area contributed by atoms with Gasteiger partial charge in [-0.05, 0) is 37.6 Å².